The zero-order chi connectivity index (χ0) is 22.6. The number of carbonyl (C=O) groups is 1. The van der Waals surface area contributed by atoms with Crippen molar-refractivity contribution in [2.45, 2.75) is 78.0 Å². The predicted octanol–water partition coefficient (Wildman–Crippen LogP) is 2.66. The van der Waals surface area contributed by atoms with Crippen LogP contribution in [0.25, 0.3) is 0 Å². The number of nitrogens with zero attached hydrogens (tertiary/aromatic N) is 1. The number of thiophene rings is 1. The van der Waals surface area contributed by atoms with E-state index in [2.05, 4.69) is 46.9 Å². The van der Waals surface area contributed by atoms with Gasteiger partial charge in [0.15, 0.2) is 6.67 Å². The summed E-state index contributed by atoms with van der Waals surface area (Å²) in [6, 6.07) is 8.04. The topological polar surface area (TPSA) is 50.6 Å². The monoisotopic (exact) mass is 443 g/mol. The van der Waals surface area contributed by atoms with Crippen LogP contribution in [0.1, 0.15) is 66.9 Å². The lowest BCUT2D eigenvalue weighted by Gasteiger charge is -2.46. The second-order valence-corrected chi connectivity index (χ2v) is 12.0. The third kappa shape index (κ3) is 4.38. The van der Waals surface area contributed by atoms with Crippen LogP contribution in [0.2, 0.25) is 0 Å². The van der Waals surface area contributed by atoms with Crippen LogP contribution in [0.5, 0.6) is 5.75 Å². The maximum atomic E-state index is 13.6. The Bertz CT molecular complexity index is 961. The van der Waals surface area contributed by atoms with Gasteiger partial charge in [0.05, 0.1) is 31.0 Å². The van der Waals surface area contributed by atoms with Crippen LogP contribution in [0, 0.1) is 13.8 Å². The Morgan fingerprint density at radius 3 is 2.32 bits per heavy atom. The SMILES string of the molecule is COc1ccc(C(=O)N2C[NH+](C3CC(C)(C)[NH2+]C(C)(C)C3)Cc3c2sc(C)c3C)cc1. The molecule has 2 aliphatic rings. The van der Waals surface area contributed by atoms with Crippen molar-refractivity contribution < 1.29 is 19.7 Å². The molecule has 168 valence electrons. The molecule has 3 heterocycles. The molecule has 0 radical (unpaired) electrons. The third-order valence-electron chi connectivity index (χ3n) is 6.98. The predicted molar refractivity (Wildman–Crippen MR) is 126 cm³/mol. The number of hydrogen-bond donors (Lipinski definition) is 2. The molecule has 3 N–H and O–H groups in total. The van der Waals surface area contributed by atoms with Crippen molar-refractivity contribution in [2.75, 3.05) is 18.7 Å². The van der Waals surface area contributed by atoms with Crippen LogP contribution >= 0.6 is 11.3 Å². The fourth-order valence-corrected chi connectivity index (χ4v) is 6.95. The van der Waals surface area contributed by atoms with Crippen molar-refractivity contribution >= 4 is 22.2 Å². The van der Waals surface area contributed by atoms with E-state index in [0.29, 0.717) is 11.6 Å². The van der Waals surface area contributed by atoms with E-state index in [-0.39, 0.29) is 17.0 Å². The largest absolute Gasteiger partial charge is 0.497 e. The van der Waals surface area contributed by atoms with Crippen LogP contribution in [0.15, 0.2) is 24.3 Å². The minimum Gasteiger partial charge on any atom is -0.497 e. The number of benzene rings is 1. The molecule has 1 atom stereocenters. The van der Waals surface area contributed by atoms with E-state index in [4.69, 9.17) is 4.74 Å². The summed E-state index contributed by atoms with van der Waals surface area (Å²) in [7, 11) is 1.65. The number of amides is 1. The van der Waals surface area contributed by atoms with Gasteiger partial charge in [0, 0.05) is 16.0 Å². The molecule has 1 amide bonds. The quantitative estimate of drug-likeness (QED) is 0.766. The van der Waals surface area contributed by atoms with Crippen LogP contribution in [-0.2, 0) is 6.54 Å². The summed E-state index contributed by atoms with van der Waals surface area (Å²) in [5, 5.41) is 3.67. The molecule has 31 heavy (non-hydrogen) atoms. The molecule has 2 aromatic rings. The van der Waals surface area contributed by atoms with Gasteiger partial charge in [0.2, 0.25) is 0 Å². The van der Waals surface area contributed by atoms with E-state index in [9.17, 15) is 4.79 Å². The number of piperidine rings is 1. The van der Waals surface area contributed by atoms with E-state index in [1.54, 1.807) is 18.4 Å². The average Bonchev–Trinajstić information content (AvgIpc) is 2.98. The van der Waals surface area contributed by atoms with Crippen molar-refractivity contribution in [3.05, 3.63) is 45.8 Å². The molecule has 0 bridgehead atoms. The van der Waals surface area contributed by atoms with Gasteiger partial charge >= 0.3 is 0 Å². The molecule has 4 rings (SSSR count). The van der Waals surface area contributed by atoms with Gasteiger partial charge in [0.1, 0.15) is 23.3 Å². The summed E-state index contributed by atoms with van der Waals surface area (Å²) >= 11 is 1.76. The highest BCUT2D eigenvalue weighted by Crippen LogP contribution is 2.37. The van der Waals surface area contributed by atoms with Gasteiger partial charge in [-0.1, -0.05) is 0 Å². The first kappa shape index (κ1) is 22.3. The molecule has 1 unspecified atom stereocenters. The van der Waals surface area contributed by atoms with E-state index in [1.165, 1.54) is 20.9 Å². The maximum absolute atomic E-state index is 13.6. The van der Waals surface area contributed by atoms with Crippen molar-refractivity contribution in [1.82, 2.24) is 0 Å². The molecule has 6 heteroatoms. The summed E-state index contributed by atoms with van der Waals surface area (Å²) in [6.07, 6.45) is 2.32. The molecule has 5 nitrogen and oxygen atoms in total. The summed E-state index contributed by atoms with van der Waals surface area (Å²) in [6.45, 7) is 15.6. The first-order chi connectivity index (χ1) is 14.5. The Hall–Kier alpha value is -1.89. The number of nitrogens with one attached hydrogen (secondary N) is 1. The first-order valence-corrected chi connectivity index (χ1v) is 12.1. The Morgan fingerprint density at radius 1 is 1.13 bits per heavy atom. The van der Waals surface area contributed by atoms with Gasteiger partial charge in [-0.25, -0.2) is 0 Å². The van der Waals surface area contributed by atoms with Crippen molar-refractivity contribution in [3.63, 3.8) is 0 Å². The number of nitrogens with two attached hydrogens (primary N) is 1. The number of carbonyl (C=O) groups excluding carboxylic acids is 1. The molecule has 1 saturated heterocycles. The number of ether oxygens (including phenoxy) is 1. The summed E-state index contributed by atoms with van der Waals surface area (Å²) < 4.78 is 5.28. The number of quaternary nitrogens is 2. The van der Waals surface area contributed by atoms with E-state index in [1.807, 2.05) is 29.2 Å². The minimum atomic E-state index is 0.0863. The smallest absolute Gasteiger partial charge is 0.263 e. The standard InChI is InChI=1S/C25H35N3O2S/c1-16-17(2)31-23-21(16)14-27(19-12-24(3,4)26-25(5,6)13-19)15-28(23)22(29)18-8-10-20(30-7)11-9-18/h8-11,19,26H,12-15H2,1-7H3/p+2. The third-order valence-corrected chi connectivity index (χ3v) is 8.26. The first-order valence-electron chi connectivity index (χ1n) is 11.3. The van der Waals surface area contributed by atoms with Crippen LogP contribution in [0.4, 0.5) is 5.00 Å². The molecule has 1 aromatic heterocycles. The van der Waals surface area contributed by atoms with Crippen molar-refractivity contribution in [3.8, 4) is 5.75 Å². The van der Waals surface area contributed by atoms with Gasteiger partial charge in [-0.05, 0) is 71.4 Å². The van der Waals surface area contributed by atoms with Gasteiger partial charge in [0.25, 0.3) is 5.91 Å². The molecular weight excluding hydrogens is 406 g/mol. The van der Waals surface area contributed by atoms with Gasteiger partial charge in [-0.15, -0.1) is 11.3 Å². The molecule has 0 saturated carbocycles. The zero-order valence-corrected chi connectivity index (χ0v) is 20.8. The lowest BCUT2D eigenvalue weighted by molar-refractivity contribution is -0.954. The Labute approximate surface area is 190 Å². The van der Waals surface area contributed by atoms with Gasteiger partial charge in [-0.3, -0.25) is 9.69 Å². The van der Waals surface area contributed by atoms with Crippen LogP contribution < -0.4 is 19.9 Å². The fourth-order valence-electron chi connectivity index (χ4n) is 5.77. The highest BCUT2D eigenvalue weighted by atomic mass is 32.1. The number of aryl methyl sites for hydroxylation is 1. The number of methoxy groups -OCH3 is 1. The lowest BCUT2D eigenvalue weighted by atomic mass is 9.79. The minimum absolute atomic E-state index is 0.0863. The Morgan fingerprint density at radius 2 is 1.74 bits per heavy atom. The molecule has 0 aliphatic carbocycles. The summed E-state index contributed by atoms with van der Waals surface area (Å²) in [5.41, 5.74) is 3.85. The van der Waals surface area contributed by atoms with E-state index in [0.717, 1.165) is 36.8 Å². The average molecular weight is 444 g/mol. The number of fused-ring (bicyclic) bond motifs is 1. The molecule has 1 fully saturated rings. The van der Waals surface area contributed by atoms with Crippen molar-refractivity contribution in [1.29, 1.82) is 0 Å². The Kier molecular flexibility index (Phi) is 5.69. The fraction of sp³-hybridized carbons (Fsp3) is 0.560. The number of rotatable bonds is 3. The second-order valence-electron chi connectivity index (χ2n) is 10.7. The molecule has 2 aliphatic heterocycles. The summed E-state index contributed by atoms with van der Waals surface area (Å²) in [4.78, 5) is 18.5. The highest BCUT2D eigenvalue weighted by molar-refractivity contribution is 7.16. The van der Waals surface area contributed by atoms with Crippen molar-refractivity contribution in [2.24, 2.45) is 0 Å². The van der Waals surface area contributed by atoms with Crippen LogP contribution in [-0.4, -0.2) is 36.8 Å². The normalized spacial score (nSPS) is 22.8. The Balaban J connectivity index is 1.68. The number of anilines is 1. The summed E-state index contributed by atoms with van der Waals surface area (Å²) in [5.74, 6) is 0.858. The van der Waals surface area contributed by atoms with Gasteiger partial charge in [-0.2, -0.15) is 0 Å². The van der Waals surface area contributed by atoms with Gasteiger partial charge < -0.3 is 15.0 Å². The molecule has 1 aromatic carbocycles. The lowest BCUT2D eigenvalue weighted by Crippen LogP contribution is -3.20. The zero-order valence-electron chi connectivity index (χ0n) is 20.0. The second kappa shape index (κ2) is 7.91. The number of hydrogen-bond acceptors (Lipinski definition) is 3. The van der Waals surface area contributed by atoms with E-state index >= 15 is 0 Å². The highest BCUT2D eigenvalue weighted by Gasteiger charge is 2.47. The van der Waals surface area contributed by atoms with Crippen LogP contribution in [0.3, 0.4) is 0 Å². The van der Waals surface area contributed by atoms with E-state index < -0.39 is 0 Å². The maximum Gasteiger partial charge on any atom is 0.263 e. The molecular formula is C25H37N3O2S+2. The molecule has 0 spiro atoms.